The highest BCUT2D eigenvalue weighted by atomic mass is 19.1. The van der Waals surface area contributed by atoms with Gasteiger partial charge in [0, 0.05) is 16.8 Å². The van der Waals surface area contributed by atoms with Gasteiger partial charge in [0.15, 0.2) is 0 Å². The van der Waals surface area contributed by atoms with E-state index in [1.54, 1.807) is 32.0 Å². The summed E-state index contributed by atoms with van der Waals surface area (Å²) in [5.74, 6) is -0.852. The number of hydrogen-bond acceptors (Lipinski definition) is 4. The number of nitrogens with one attached hydrogen (secondary N) is 3. The maximum Gasteiger partial charge on any atom is 0.273 e. The second-order valence-electron chi connectivity index (χ2n) is 5.99. The van der Waals surface area contributed by atoms with E-state index in [0.717, 1.165) is 16.6 Å². The lowest BCUT2D eigenvalue weighted by atomic mass is 10.1. The summed E-state index contributed by atoms with van der Waals surface area (Å²) in [6.45, 7) is 3.27. The molecule has 3 rings (SSSR count). The third-order valence-electron chi connectivity index (χ3n) is 4.08. The number of benzene rings is 1. The van der Waals surface area contributed by atoms with Crippen LogP contribution in [-0.4, -0.2) is 21.6 Å². The fourth-order valence-electron chi connectivity index (χ4n) is 2.43. The van der Waals surface area contributed by atoms with Crippen molar-refractivity contribution in [3.8, 4) is 11.3 Å². The molecule has 0 saturated carbocycles. The van der Waals surface area contributed by atoms with Gasteiger partial charge >= 0.3 is 0 Å². The normalized spacial score (nSPS) is 12.0. The first kappa shape index (κ1) is 17.3. The summed E-state index contributed by atoms with van der Waals surface area (Å²) in [7, 11) is 0. The molecular formula is C19H18FN5O. The standard InChI is InChI=1S/C19H18FN5O/c1-10(11(2)21)17(22)19(26)24-15-7-13-8-16(25-18(13)23-9-15)12-3-5-14(20)6-4-12/h3-9,22H,21H2,1-2H3,(H,23,25)(H,24,26)/b11-10-,22-17?. The highest BCUT2D eigenvalue weighted by Crippen LogP contribution is 2.25. The van der Waals surface area contributed by atoms with Crippen molar-refractivity contribution in [3.63, 3.8) is 0 Å². The van der Waals surface area contributed by atoms with Crippen molar-refractivity contribution < 1.29 is 9.18 Å². The van der Waals surface area contributed by atoms with Crippen molar-refractivity contribution in [3.05, 3.63) is 59.7 Å². The maximum absolute atomic E-state index is 13.1. The number of carbonyl (C=O) groups is 1. The minimum Gasteiger partial charge on any atom is -0.402 e. The number of anilines is 1. The zero-order valence-corrected chi connectivity index (χ0v) is 14.4. The van der Waals surface area contributed by atoms with Crippen LogP contribution in [0.3, 0.4) is 0 Å². The lowest BCUT2D eigenvalue weighted by Crippen LogP contribution is -2.24. The molecule has 0 atom stereocenters. The van der Waals surface area contributed by atoms with E-state index in [4.69, 9.17) is 11.1 Å². The first-order chi connectivity index (χ1) is 12.3. The van der Waals surface area contributed by atoms with Gasteiger partial charge in [0.25, 0.3) is 5.91 Å². The van der Waals surface area contributed by atoms with Crippen LogP contribution in [0, 0.1) is 11.2 Å². The minimum atomic E-state index is -0.553. The molecule has 0 aliphatic carbocycles. The smallest absolute Gasteiger partial charge is 0.273 e. The maximum atomic E-state index is 13.1. The average molecular weight is 351 g/mol. The van der Waals surface area contributed by atoms with Crippen LogP contribution in [0.25, 0.3) is 22.3 Å². The number of nitrogens with zero attached hydrogens (tertiary/aromatic N) is 1. The Morgan fingerprint density at radius 1 is 1.23 bits per heavy atom. The van der Waals surface area contributed by atoms with Crippen LogP contribution in [0.5, 0.6) is 0 Å². The van der Waals surface area contributed by atoms with Crippen LogP contribution >= 0.6 is 0 Å². The van der Waals surface area contributed by atoms with Crippen molar-refractivity contribution in [1.29, 1.82) is 5.41 Å². The zero-order chi connectivity index (χ0) is 18.8. The number of nitrogens with two attached hydrogens (primary N) is 1. The van der Waals surface area contributed by atoms with Crippen LogP contribution < -0.4 is 11.1 Å². The van der Waals surface area contributed by atoms with E-state index in [1.807, 2.05) is 6.07 Å². The van der Waals surface area contributed by atoms with Gasteiger partial charge in [-0.05, 0) is 61.4 Å². The predicted molar refractivity (Wildman–Crippen MR) is 100 cm³/mol. The third kappa shape index (κ3) is 3.46. The van der Waals surface area contributed by atoms with Crippen LogP contribution in [0.2, 0.25) is 0 Å². The number of aromatic nitrogens is 2. The molecule has 2 heterocycles. The van der Waals surface area contributed by atoms with Crippen molar-refractivity contribution >= 4 is 28.3 Å². The molecule has 0 aliphatic rings. The molecule has 7 heteroatoms. The topological polar surface area (TPSA) is 108 Å². The molecule has 0 fully saturated rings. The summed E-state index contributed by atoms with van der Waals surface area (Å²) in [5.41, 5.74) is 9.03. The number of allylic oxidation sites excluding steroid dienone is 1. The first-order valence-corrected chi connectivity index (χ1v) is 7.93. The summed E-state index contributed by atoms with van der Waals surface area (Å²) in [6.07, 6.45) is 1.51. The quantitative estimate of drug-likeness (QED) is 0.540. The molecule has 132 valence electrons. The van der Waals surface area contributed by atoms with Gasteiger partial charge in [-0.1, -0.05) is 0 Å². The number of aromatic amines is 1. The molecule has 0 unspecified atom stereocenters. The van der Waals surface area contributed by atoms with E-state index in [1.165, 1.54) is 18.3 Å². The van der Waals surface area contributed by atoms with Crippen molar-refractivity contribution in [2.45, 2.75) is 13.8 Å². The van der Waals surface area contributed by atoms with E-state index < -0.39 is 5.91 Å². The van der Waals surface area contributed by atoms with Gasteiger partial charge in [-0.15, -0.1) is 0 Å². The Morgan fingerprint density at radius 2 is 1.92 bits per heavy atom. The van der Waals surface area contributed by atoms with Gasteiger partial charge in [0.2, 0.25) is 0 Å². The number of H-pyrrole nitrogens is 1. The Kier molecular flexibility index (Phi) is 4.53. The first-order valence-electron chi connectivity index (χ1n) is 7.93. The minimum absolute atomic E-state index is 0.189. The number of halogens is 1. The largest absolute Gasteiger partial charge is 0.402 e. The number of pyridine rings is 1. The van der Waals surface area contributed by atoms with Gasteiger partial charge < -0.3 is 16.0 Å². The number of fused-ring (bicyclic) bond motifs is 1. The van der Waals surface area contributed by atoms with E-state index in [2.05, 4.69) is 15.3 Å². The molecule has 3 aromatic rings. The number of rotatable bonds is 4. The Bertz CT molecular complexity index is 1030. The Morgan fingerprint density at radius 3 is 2.58 bits per heavy atom. The molecule has 0 saturated heterocycles. The molecule has 1 aromatic carbocycles. The molecule has 6 nitrogen and oxygen atoms in total. The molecule has 0 aliphatic heterocycles. The molecule has 0 spiro atoms. The molecule has 1 amide bonds. The second kappa shape index (κ2) is 6.79. The van der Waals surface area contributed by atoms with Crippen molar-refractivity contribution in [2.75, 3.05) is 5.32 Å². The van der Waals surface area contributed by atoms with Gasteiger partial charge in [-0.2, -0.15) is 0 Å². The van der Waals surface area contributed by atoms with E-state index in [-0.39, 0.29) is 11.5 Å². The molecule has 5 N–H and O–H groups in total. The number of hydrogen-bond donors (Lipinski definition) is 4. The van der Waals surface area contributed by atoms with Gasteiger partial charge in [0.05, 0.1) is 11.9 Å². The van der Waals surface area contributed by atoms with E-state index in [9.17, 15) is 9.18 Å². The van der Waals surface area contributed by atoms with E-state index in [0.29, 0.717) is 22.6 Å². The summed E-state index contributed by atoms with van der Waals surface area (Å²) < 4.78 is 13.1. The summed E-state index contributed by atoms with van der Waals surface area (Å²) >= 11 is 0. The number of carbonyl (C=O) groups excluding carboxylic acids is 1. The van der Waals surface area contributed by atoms with Crippen LogP contribution in [0.1, 0.15) is 13.8 Å². The fourth-order valence-corrected chi connectivity index (χ4v) is 2.43. The average Bonchev–Trinajstić information content (AvgIpc) is 3.04. The lowest BCUT2D eigenvalue weighted by Gasteiger charge is -2.07. The monoisotopic (exact) mass is 351 g/mol. The third-order valence-corrected chi connectivity index (χ3v) is 4.08. The van der Waals surface area contributed by atoms with Crippen LogP contribution in [0.4, 0.5) is 10.1 Å². The van der Waals surface area contributed by atoms with Gasteiger partial charge in [-0.3, -0.25) is 10.2 Å². The highest BCUT2D eigenvalue weighted by Gasteiger charge is 2.14. The lowest BCUT2D eigenvalue weighted by molar-refractivity contribution is -0.110. The SMILES string of the molecule is C/C(N)=C(\C)C(=N)C(=O)Nc1cnc2[nH]c(-c3ccc(F)cc3)cc2c1. The second-order valence-corrected chi connectivity index (χ2v) is 5.99. The number of amides is 1. The summed E-state index contributed by atoms with van der Waals surface area (Å²) in [4.78, 5) is 19.6. The van der Waals surface area contributed by atoms with Crippen LogP contribution in [0.15, 0.2) is 53.9 Å². The molecule has 0 radical (unpaired) electrons. The van der Waals surface area contributed by atoms with Crippen molar-refractivity contribution in [2.24, 2.45) is 5.73 Å². The highest BCUT2D eigenvalue weighted by molar-refractivity contribution is 6.47. The molecule has 26 heavy (non-hydrogen) atoms. The van der Waals surface area contributed by atoms with Crippen LogP contribution in [-0.2, 0) is 4.79 Å². The van der Waals surface area contributed by atoms with E-state index >= 15 is 0 Å². The predicted octanol–water partition coefficient (Wildman–Crippen LogP) is 3.58. The van der Waals surface area contributed by atoms with Gasteiger partial charge in [0.1, 0.15) is 17.2 Å². The summed E-state index contributed by atoms with van der Waals surface area (Å²) in [5, 5.41) is 11.3. The zero-order valence-electron chi connectivity index (χ0n) is 14.4. The van der Waals surface area contributed by atoms with Gasteiger partial charge in [-0.25, -0.2) is 9.37 Å². The summed E-state index contributed by atoms with van der Waals surface area (Å²) in [6, 6.07) is 9.75. The fraction of sp³-hybridized carbons (Fsp3) is 0.105. The Balaban J connectivity index is 1.85. The Labute approximate surface area is 149 Å². The molecule has 0 bridgehead atoms. The van der Waals surface area contributed by atoms with Crippen molar-refractivity contribution in [1.82, 2.24) is 9.97 Å². The molecular weight excluding hydrogens is 333 g/mol. The molecule has 2 aromatic heterocycles. The Hall–Kier alpha value is -3.48.